The highest BCUT2D eigenvalue weighted by Gasteiger charge is 2.25. The number of piperazine rings is 1. The lowest BCUT2D eigenvalue weighted by Gasteiger charge is -2.38. The maximum Gasteiger partial charge on any atom is 0.108 e. The van der Waals surface area contributed by atoms with Gasteiger partial charge in [0.1, 0.15) is 6.10 Å². The van der Waals surface area contributed by atoms with E-state index in [0.717, 1.165) is 26.2 Å². The van der Waals surface area contributed by atoms with E-state index in [-0.39, 0.29) is 6.10 Å². The second-order valence-corrected chi connectivity index (χ2v) is 6.88. The summed E-state index contributed by atoms with van der Waals surface area (Å²) in [4.78, 5) is 4.80. The molecule has 0 spiro atoms. The van der Waals surface area contributed by atoms with E-state index in [2.05, 4.69) is 85.4 Å². The normalized spacial score (nSPS) is 20.9. The van der Waals surface area contributed by atoms with Crippen LogP contribution in [0.3, 0.4) is 0 Å². The largest absolute Gasteiger partial charge is 0.367 e. The van der Waals surface area contributed by atoms with Crippen molar-refractivity contribution in [2.24, 2.45) is 0 Å². The van der Waals surface area contributed by atoms with Gasteiger partial charge in [0.25, 0.3) is 0 Å². The highest BCUT2D eigenvalue weighted by atomic mass is 16.5. The Bertz CT molecular complexity index is 643. The van der Waals surface area contributed by atoms with Crippen molar-refractivity contribution in [1.82, 2.24) is 9.80 Å². The van der Waals surface area contributed by atoms with Gasteiger partial charge in [0.2, 0.25) is 0 Å². The molecule has 0 bridgehead atoms. The van der Waals surface area contributed by atoms with E-state index < -0.39 is 0 Å². The third-order valence-electron chi connectivity index (χ3n) is 5.01. The lowest BCUT2D eigenvalue weighted by Crippen LogP contribution is -2.52. The first-order chi connectivity index (χ1) is 11.6. The molecule has 2 atom stereocenters. The van der Waals surface area contributed by atoms with E-state index in [9.17, 15) is 0 Å². The third-order valence-corrected chi connectivity index (χ3v) is 5.01. The number of aryl methyl sites for hydroxylation is 1. The highest BCUT2D eigenvalue weighted by Crippen LogP contribution is 2.29. The highest BCUT2D eigenvalue weighted by molar-refractivity contribution is 5.35. The molecule has 1 aliphatic heterocycles. The molecule has 3 nitrogen and oxygen atoms in total. The molecule has 1 aliphatic rings. The van der Waals surface area contributed by atoms with Crippen LogP contribution in [0.4, 0.5) is 0 Å². The molecule has 1 heterocycles. The standard InChI is InChI=1S/C21H28N2O/c1-17-9-7-8-12-20(17)21(18-10-5-4-6-11-18)24-16-19-15-22(2)13-14-23(19)3/h4-12,19,21H,13-16H2,1-3H3. The van der Waals surface area contributed by atoms with Crippen LogP contribution in [0.15, 0.2) is 54.6 Å². The van der Waals surface area contributed by atoms with Crippen molar-refractivity contribution in [3.8, 4) is 0 Å². The van der Waals surface area contributed by atoms with Crippen molar-refractivity contribution >= 4 is 0 Å². The van der Waals surface area contributed by atoms with Crippen LogP contribution >= 0.6 is 0 Å². The van der Waals surface area contributed by atoms with Crippen LogP contribution in [0.25, 0.3) is 0 Å². The average Bonchev–Trinajstić information content (AvgIpc) is 2.60. The lowest BCUT2D eigenvalue weighted by molar-refractivity contribution is 0.00420. The summed E-state index contributed by atoms with van der Waals surface area (Å²) in [6.07, 6.45) is -0.00645. The number of hydrogen-bond donors (Lipinski definition) is 0. The molecule has 1 fully saturated rings. The van der Waals surface area contributed by atoms with Gasteiger partial charge in [-0.15, -0.1) is 0 Å². The molecule has 0 N–H and O–H groups in total. The van der Waals surface area contributed by atoms with Crippen LogP contribution in [0, 0.1) is 6.92 Å². The topological polar surface area (TPSA) is 15.7 Å². The number of rotatable bonds is 5. The first-order valence-electron chi connectivity index (χ1n) is 8.76. The summed E-state index contributed by atoms with van der Waals surface area (Å²) in [6, 6.07) is 19.5. The minimum Gasteiger partial charge on any atom is -0.367 e. The Morgan fingerprint density at radius 2 is 1.71 bits per heavy atom. The molecule has 24 heavy (non-hydrogen) atoms. The molecule has 2 aromatic rings. The van der Waals surface area contributed by atoms with Gasteiger partial charge in [-0.1, -0.05) is 54.6 Å². The van der Waals surface area contributed by atoms with Gasteiger partial charge in [0.05, 0.1) is 6.61 Å². The van der Waals surface area contributed by atoms with Crippen LogP contribution in [-0.4, -0.2) is 56.2 Å². The summed E-state index contributed by atoms with van der Waals surface area (Å²) in [7, 11) is 4.39. The first-order valence-corrected chi connectivity index (χ1v) is 8.76. The van der Waals surface area contributed by atoms with Crippen molar-refractivity contribution in [3.05, 3.63) is 71.3 Å². The summed E-state index contributed by atoms with van der Waals surface area (Å²) < 4.78 is 6.48. The maximum absolute atomic E-state index is 6.48. The van der Waals surface area contributed by atoms with Gasteiger partial charge < -0.3 is 9.64 Å². The van der Waals surface area contributed by atoms with Crippen molar-refractivity contribution in [2.75, 3.05) is 40.3 Å². The van der Waals surface area contributed by atoms with Crippen molar-refractivity contribution < 1.29 is 4.74 Å². The zero-order chi connectivity index (χ0) is 16.9. The van der Waals surface area contributed by atoms with E-state index in [1.54, 1.807) is 0 Å². The van der Waals surface area contributed by atoms with Crippen molar-refractivity contribution in [3.63, 3.8) is 0 Å². The molecule has 3 rings (SSSR count). The molecule has 1 saturated heterocycles. The van der Waals surface area contributed by atoms with E-state index in [4.69, 9.17) is 4.74 Å². The Morgan fingerprint density at radius 3 is 2.46 bits per heavy atom. The van der Waals surface area contributed by atoms with Gasteiger partial charge >= 0.3 is 0 Å². The van der Waals surface area contributed by atoms with E-state index in [0.29, 0.717) is 6.04 Å². The molecule has 0 radical (unpaired) electrons. The Labute approximate surface area is 145 Å². The summed E-state index contributed by atoms with van der Waals surface area (Å²) in [5.74, 6) is 0. The lowest BCUT2D eigenvalue weighted by atomic mass is 9.97. The van der Waals surface area contributed by atoms with Gasteiger partial charge in [-0.05, 0) is 37.7 Å². The predicted octanol–water partition coefficient (Wildman–Crippen LogP) is 3.35. The Morgan fingerprint density at radius 1 is 1.00 bits per heavy atom. The summed E-state index contributed by atoms with van der Waals surface area (Å²) in [6.45, 7) is 6.20. The van der Waals surface area contributed by atoms with Gasteiger partial charge in [-0.2, -0.15) is 0 Å². The summed E-state index contributed by atoms with van der Waals surface area (Å²) >= 11 is 0. The summed E-state index contributed by atoms with van der Waals surface area (Å²) in [5, 5.41) is 0. The fraction of sp³-hybridized carbons (Fsp3) is 0.429. The molecular weight excluding hydrogens is 296 g/mol. The average molecular weight is 324 g/mol. The molecule has 3 heteroatoms. The number of ether oxygens (including phenoxy) is 1. The molecule has 0 aliphatic carbocycles. The molecule has 0 aromatic heterocycles. The predicted molar refractivity (Wildman–Crippen MR) is 99.3 cm³/mol. The van der Waals surface area contributed by atoms with E-state index in [1.165, 1.54) is 16.7 Å². The number of likely N-dealkylation sites (N-methyl/N-ethyl adjacent to an activating group) is 2. The van der Waals surface area contributed by atoms with Crippen LogP contribution in [-0.2, 0) is 4.74 Å². The number of hydrogen-bond acceptors (Lipinski definition) is 3. The van der Waals surface area contributed by atoms with Crippen molar-refractivity contribution in [2.45, 2.75) is 19.1 Å². The SMILES string of the molecule is Cc1ccccc1C(OCC1CN(C)CCN1C)c1ccccc1. The van der Waals surface area contributed by atoms with E-state index in [1.807, 2.05) is 0 Å². The van der Waals surface area contributed by atoms with E-state index >= 15 is 0 Å². The molecule has 0 saturated carbocycles. The van der Waals surface area contributed by atoms with Gasteiger partial charge in [-0.25, -0.2) is 0 Å². The zero-order valence-electron chi connectivity index (χ0n) is 15.0. The Hall–Kier alpha value is -1.68. The molecule has 128 valence electrons. The second kappa shape index (κ2) is 7.93. The monoisotopic (exact) mass is 324 g/mol. The van der Waals surface area contributed by atoms with Crippen LogP contribution in [0.2, 0.25) is 0 Å². The van der Waals surface area contributed by atoms with Gasteiger partial charge in [-0.3, -0.25) is 4.90 Å². The molecule has 2 aromatic carbocycles. The number of benzene rings is 2. The number of nitrogens with zero attached hydrogens (tertiary/aromatic N) is 2. The minimum atomic E-state index is -0.00645. The molecular formula is C21H28N2O. The zero-order valence-corrected chi connectivity index (χ0v) is 15.0. The molecule has 2 unspecified atom stereocenters. The van der Waals surface area contributed by atoms with Crippen molar-refractivity contribution in [1.29, 1.82) is 0 Å². The van der Waals surface area contributed by atoms with Crippen LogP contribution < -0.4 is 0 Å². The van der Waals surface area contributed by atoms with Gasteiger partial charge in [0, 0.05) is 25.7 Å². The maximum atomic E-state index is 6.48. The summed E-state index contributed by atoms with van der Waals surface area (Å²) in [5.41, 5.74) is 3.76. The quantitative estimate of drug-likeness (QED) is 0.839. The first kappa shape index (κ1) is 17.2. The van der Waals surface area contributed by atoms with Gasteiger partial charge in [0.15, 0.2) is 0 Å². The molecule has 0 amide bonds. The third kappa shape index (κ3) is 4.04. The fourth-order valence-corrected chi connectivity index (χ4v) is 3.36. The fourth-order valence-electron chi connectivity index (χ4n) is 3.36. The minimum absolute atomic E-state index is 0.00645. The Kier molecular flexibility index (Phi) is 5.67. The Balaban J connectivity index is 1.79. The van der Waals surface area contributed by atoms with Crippen LogP contribution in [0.5, 0.6) is 0 Å². The second-order valence-electron chi connectivity index (χ2n) is 6.88. The smallest absolute Gasteiger partial charge is 0.108 e. The van der Waals surface area contributed by atoms with Crippen LogP contribution in [0.1, 0.15) is 22.8 Å².